The van der Waals surface area contributed by atoms with Crippen LogP contribution in [0.2, 0.25) is 0 Å². The van der Waals surface area contributed by atoms with Crippen LogP contribution in [0, 0.1) is 0 Å². The Morgan fingerprint density at radius 3 is 1.72 bits per heavy atom. The van der Waals surface area contributed by atoms with Crippen LogP contribution in [-0.4, -0.2) is 0 Å². The number of hydrogen-bond acceptors (Lipinski definition) is 1. The molecule has 9 aromatic rings. The molecule has 8 aromatic carbocycles. The van der Waals surface area contributed by atoms with Gasteiger partial charge in [0.25, 0.3) is 0 Å². The molecule has 0 aliphatic heterocycles. The van der Waals surface area contributed by atoms with Crippen molar-refractivity contribution >= 4 is 54.3 Å². The lowest BCUT2D eigenvalue weighted by Crippen LogP contribution is -1.93. The normalized spacial score (nSPS) is 14.3. The summed E-state index contributed by atoms with van der Waals surface area (Å²) in [5.41, 5.74) is 4.69. The second-order valence-corrected chi connectivity index (χ2v) is 10.6. The molecule has 0 spiro atoms. The molecule has 1 aromatic heterocycles. The van der Waals surface area contributed by atoms with E-state index in [9.17, 15) is 5.48 Å². The first-order valence-corrected chi connectivity index (χ1v) is 14.1. The summed E-state index contributed by atoms with van der Waals surface area (Å²) in [6, 6.07) is 31.5. The zero-order chi connectivity index (χ0) is 35.3. The predicted molar refractivity (Wildman–Crippen MR) is 183 cm³/mol. The van der Waals surface area contributed by atoms with Crippen molar-refractivity contribution < 1.29 is 15.4 Å². The van der Waals surface area contributed by atoms with Gasteiger partial charge in [0, 0.05) is 10.8 Å². The lowest BCUT2D eigenvalue weighted by atomic mass is 9.83. The minimum Gasteiger partial charge on any atom is -0.456 e. The molecule has 1 heteroatoms. The van der Waals surface area contributed by atoms with E-state index >= 15 is 0 Å². The van der Waals surface area contributed by atoms with Crippen LogP contribution in [-0.2, 0) is 0 Å². The van der Waals surface area contributed by atoms with E-state index in [1.807, 2.05) is 97.1 Å². The van der Waals surface area contributed by atoms with Gasteiger partial charge in [-0.15, -0.1) is 0 Å². The summed E-state index contributed by atoms with van der Waals surface area (Å²) in [6.45, 7) is 0. The molecular weight excluding hydrogens is 520 g/mol. The van der Waals surface area contributed by atoms with Crippen molar-refractivity contribution in [3.8, 4) is 33.4 Å². The SMILES string of the molecule is [2H]c1c([2H])c([2H])c2c(-c3cccc4oc5ccccc5c34)c3c([2H])c([2H])c([2H])c([2H])c3c(-c3cc(-c4ccccc4)cc4ccccc34)c2c1[2H]. The third-order valence-electron chi connectivity index (χ3n) is 8.29. The number of furan rings is 1. The van der Waals surface area contributed by atoms with Crippen LogP contribution < -0.4 is 0 Å². The molecule has 43 heavy (non-hydrogen) atoms. The summed E-state index contributed by atoms with van der Waals surface area (Å²) in [4.78, 5) is 0. The molecule has 0 N–H and O–H groups in total. The van der Waals surface area contributed by atoms with Gasteiger partial charge in [-0.05, 0) is 90.0 Å². The van der Waals surface area contributed by atoms with E-state index in [1.54, 1.807) is 6.07 Å². The molecule has 0 fully saturated rings. The van der Waals surface area contributed by atoms with Crippen LogP contribution in [0.25, 0.3) is 87.6 Å². The van der Waals surface area contributed by atoms with Crippen molar-refractivity contribution in [3.63, 3.8) is 0 Å². The van der Waals surface area contributed by atoms with Gasteiger partial charge in [0.05, 0.1) is 11.0 Å². The molecule has 0 atom stereocenters. The molecule has 0 amide bonds. The third kappa shape index (κ3) is 3.65. The first-order valence-electron chi connectivity index (χ1n) is 18.1. The minimum absolute atomic E-state index is 0.167. The maximum Gasteiger partial charge on any atom is 0.136 e. The average molecular weight is 555 g/mol. The van der Waals surface area contributed by atoms with Gasteiger partial charge in [-0.25, -0.2) is 0 Å². The first-order chi connectivity index (χ1) is 24.7. The molecule has 0 aliphatic rings. The second kappa shape index (κ2) is 9.44. The van der Waals surface area contributed by atoms with Gasteiger partial charge in [0.15, 0.2) is 0 Å². The Balaban J connectivity index is 1.61. The van der Waals surface area contributed by atoms with Crippen molar-refractivity contribution in [2.45, 2.75) is 0 Å². The molecule has 9 rings (SSSR count). The molecular formula is C42H26O. The fourth-order valence-corrected chi connectivity index (χ4v) is 6.46. The number of rotatable bonds is 3. The van der Waals surface area contributed by atoms with Crippen molar-refractivity contribution in [1.29, 1.82) is 0 Å². The third-order valence-corrected chi connectivity index (χ3v) is 8.29. The molecule has 0 saturated heterocycles. The Morgan fingerprint density at radius 1 is 0.419 bits per heavy atom. The van der Waals surface area contributed by atoms with Crippen molar-refractivity contribution in [1.82, 2.24) is 0 Å². The lowest BCUT2D eigenvalue weighted by Gasteiger charge is -2.20. The zero-order valence-corrected chi connectivity index (χ0v) is 22.8. The summed E-state index contributed by atoms with van der Waals surface area (Å²) in [5, 5.41) is 3.78. The van der Waals surface area contributed by atoms with Crippen LogP contribution in [0.3, 0.4) is 0 Å². The monoisotopic (exact) mass is 554 g/mol. The van der Waals surface area contributed by atoms with Gasteiger partial charge in [-0.3, -0.25) is 0 Å². The number of benzene rings is 8. The Morgan fingerprint density at radius 2 is 1.00 bits per heavy atom. The zero-order valence-electron chi connectivity index (χ0n) is 30.8. The second-order valence-electron chi connectivity index (χ2n) is 10.6. The Hall–Kier alpha value is -5.66. The van der Waals surface area contributed by atoms with Crippen LogP contribution in [0.5, 0.6) is 0 Å². The predicted octanol–water partition coefficient (Wildman–Crippen LogP) is 12.0. The Labute approximate surface area is 260 Å². The molecule has 1 nitrogen and oxygen atoms in total. The number of hydrogen-bond donors (Lipinski definition) is 0. The molecule has 0 unspecified atom stereocenters. The maximum absolute atomic E-state index is 9.46. The fourth-order valence-electron chi connectivity index (χ4n) is 6.46. The fraction of sp³-hybridized carbons (Fsp3) is 0. The van der Waals surface area contributed by atoms with Gasteiger partial charge in [0.1, 0.15) is 11.2 Å². The Bertz CT molecular complexity index is 2870. The van der Waals surface area contributed by atoms with Crippen molar-refractivity contribution in [2.75, 3.05) is 0 Å². The summed E-state index contributed by atoms with van der Waals surface area (Å²) < 4.78 is 79.5. The van der Waals surface area contributed by atoms with Crippen LogP contribution in [0.15, 0.2) is 162 Å². The maximum atomic E-state index is 9.46. The van der Waals surface area contributed by atoms with E-state index in [4.69, 9.17) is 9.90 Å². The Kier molecular flexibility index (Phi) is 3.80. The highest BCUT2D eigenvalue weighted by atomic mass is 16.3. The van der Waals surface area contributed by atoms with Crippen LogP contribution >= 0.6 is 0 Å². The van der Waals surface area contributed by atoms with E-state index in [2.05, 4.69) is 6.07 Å². The quantitative estimate of drug-likeness (QED) is 0.198. The van der Waals surface area contributed by atoms with Gasteiger partial charge in [-0.2, -0.15) is 0 Å². The van der Waals surface area contributed by atoms with Gasteiger partial charge in [0.2, 0.25) is 0 Å². The average Bonchev–Trinajstić information content (AvgIpc) is 3.55. The molecule has 0 saturated carbocycles. The summed E-state index contributed by atoms with van der Waals surface area (Å²) in [7, 11) is 0. The summed E-state index contributed by atoms with van der Waals surface area (Å²) >= 11 is 0. The first kappa shape index (κ1) is 17.3. The molecule has 1 heterocycles. The van der Waals surface area contributed by atoms with Crippen LogP contribution in [0.1, 0.15) is 11.0 Å². The summed E-state index contributed by atoms with van der Waals surface area (Å²) in [6.07, 6.45) is 0. The summed E-state index contributed by atoms with van der Waals surface area (Å²) in [5.74, 6) is 0. The van der Waals surface area contributed by atoms with E-state index in [0.717, 1.165) is 27.3 Å². The molecule has 0 radical (unpaired) electrons. The standard InChI is InChI=1S/C42H26O/c1-2-13-27(14-3-1)29-25-28-15-4-5-16-30(28)37(26-29)41-33-19-8-6-17-31(33)40(32-18-7-9-20-34(32)41)36-22-12-24-39-42(36)35-21-10-11-23-38(35)43-39/h1-26H/i6D,7D,8D,9D,17D,18D,19D,20D. The highest BCUT2D eigenvalue weighted by molar-refractivity contribution is 6.27. The van der Waals surface area contributed by atoms with Gasteiger partial charge >= 0.3 is 0 Å². The molecule has 200 valence electrons. The number of para-hydroxylation sites is 1. The highest BCUT2D eigenvalue weighted by Gasteiger charge is 2.21. The van der Waals surface area contributed by atoms with E-state index < -0.39 is 24.2 Å². The van der Waals surface area contributed by atoms with E-state index in [0.29, 0.717) is 38.8 Å². The van der Waals surface area contributed by atoms with Crippen molar-refractivity contribution in [2.24, 2.45) is 0 Å². The molecule has 0 aliphatic carbocycles. The topological polar surface area (TPSA) is 13.1 Å². The largest absolute Gasteiger partial charge is 0.456 e. The highest BCUT2D eigenvalue weighted by Crippen LogP contribution is 2.48. The molecule has 0 bridgehead atoms. The van der Waals surface area contributed by atoms with Gasteiger partial charge < -0.3 is 4.42 Å². The number of fused-ring (bicyclic) bond motifs is 6. The smallest absolute Gasteiger partial charge is 0.136 e. The van der Waals surface area contributed by atoms with E-state index in [-0.39, 0.29) is 45.7 Å². The minimum atomic E-state index is -0.438. The van der Waals surface area contributed by atoms with Crippen molar-refractivity contribution in [3.05, 3.63) is 158 Å². The van der Waals surface area contributed by atoms with Crippen LogP contribution in [0.4, 0.5) is 0 Å². The van der Waals surface area contributed by atoms with Gasteiger partial charge in [-0.1, -0.05) is 133 Å². The van der Waals surface area contributed by atoms with E-state index in [1.165, 1.54) is 0 Å². The lowest BCUT2D eigenvalue weighted by molar-refractivity contribution is 0.669.